The number of hydrogen-bond acceptors (Lipinski definition) is 9. The highest BCUT2D eigenvalue weighted by Crippen LogP contribution is 2.30. The van der Waals surface area contributed by atoms with Crippen LogP contribution in [0.3, 0.4) is 0 Å². The number of benzene rings is 1. The quantitative estimate of drug-likeness (QED) is 0.310. The van der Waals surface area contributed by atoms with Crippen molar-refractivity contribution in [3.8, 4) is 21.8 Å². The van der Waals surface area contributed by atoms with Crippen molar-refractivity contribution < 1.29 is 18.8 Å². The number of thiazole rings is 1. The lowest BCUT2D eigenvalue weighted by Gasteiger charge is -2.13. The minimum absolute atomic E-state index is 0.240. The topological polar surface area (TPSA) is 107 Å². The van der Waals surface area contributed by atoms with Crippen LogP contribution in [0.15, 0.2) is 63.8 Å². The average Bonchev–Trinajstić information content (AvgIpc) is 3.61. The van der Waals surface area contributed by atoms with Crippen LogP contribution in [0, 0.1) is 6.92 Å². The Morgan fingerprint density at radius 2 is 1.88 bits per heavy atom. The maximum Gasteiger partial charge on any atom is 0.339 e. The summed E-state index contributed by atoms with van der Waals surface area (Å²) >= 11 is 2.79. The standard InChI is InChI=1S/C24H18N4O4S2/c1-13-20-16(11-17(19-9-6-10-33-19)25-22(20)32-28-13)23(30)31-14(2)21(29)27-24-26-18(12-34-24)15-7-4-3-5-8-15/h3-12,14H,1-2H3,(H,26,27,29). The van der Waals surface area contributed by atoms with Gasteiger partial charge < -0.3 is 9.26 Å². The van der Waals surface area contributed by atoms with Crippen molar-refractivity contribution in [2.45, 2.75) is 20.0 Å². The molecule has 0 aliphatic heterocycles. The number of fused-ring (bicyclic) bond motifs is 1. The third kappa shape index (κ3) is 4.33. The van der Waals surface area contributed by atoms with Gasteiger partial charge in [0.25, 0.3) is 11.6 Å². The molecule has 0 fully saturated rings. The first-order chi connectivity index (χ1) is 16.5. The summed E-state index contributed by atoms with van der Waals surface area (Å²) in [6, 6.07) is 15.1. The van der Waals surface area contributed by atoms with Gasteiger partial charge in [0.15, 0.2) is 11.2 Å². The van der Waals surface area contributed by atoms with Gasteiger partial charge in [-0.1, -0.05) is 41.6 Å². The van der Waals surface area contributed by atoms with E-state index in [1.54, 1.807) is 13.0 Å². The molecule has 170 valence electrons. The van der Waals surface area contributed by atoms with Crippen molar-refractivity contribution in [3.05, 3.63) is 70.5 Å². The lowest BCUT2D eigenvalue weighted by molar-refractivity contribution is -0.123. The average molecular weight is 491 g/mol. The molecule has 4 heterocycles. The molecule has 34 heavy (non-hydrogen) atoms. The number of pyridine rings is 1. The van der Waals surface area contributed by atoms with Crippen LogP contribution in [0.5, 0.6) is 0 Å². The summed E-state index contributed by atoms with van der Waals surface area (Å²) in [6.07, 6.45) is -1.05. The molecule has 1 unspecified atom stereocenters. The van der Waals surface area contributed by atoms with Gasteiger partial charge >= 0.3 is 5.97 Å². The zero-order chi connectivity index (χ0) is 23.7. The molecule has 0 aliphatic carbocycles. The van der Waals surface area contributed by atoms with Gasteiger partial charge in [-0.2, -0.15) is 0 Å². The van der Waals surface area contributed by atoms with Crippen molar-refractivity contribution in [2.75, 3.05) is 5.32 Å². The molecule has 0 saturated heterocycles. The van der Waals surface area contributed by atoms with Gasteiger partial charge in [0.05, 0.1) is 32.9 Å². The Morgan fingerprint density at radius 1 is 1.06 bits per heavy atom. The second-order valence-electron chi connectivity index (χ2n) is 7.42. The van der Waals surface area contributed by atoms with Crippen LogP contribution in [0.4, 0.5) is 5.13 Å². The first kappa shape index (κ1) is 21.9. The summed E-state index contributed by atoms with van der Waals surface area (Å²) in [5.74, 6) is -1.14. The number of anilines is 1. The van der Waals surface area contributed by atoms with Crippen molar-refractivity contribution in [3.63, 3.8) is 0 Å². The third-order valence-electron chi connectivity index (χ3n) is 5.07. The first-order valence-electron chi connectivity index (χ1n) is 10.3. The fourth-order valence-electron chi connectivity index (χ4n) is 3.36. The van der Waals surface area contributed by atoms with E-state index in [0.29, 0.717) is 21.9 Å². The minimum Gasteiger partial charge on any atom is -0.449 e. The van der Waals surface area contributed by atoms with E-state index in [4.69, 9.17) is 9.26 Å². The Hall–Kier alpha value is -3.89. The fraction of sp³-hybridized carbons (Fsp3) is 0.125. The molecular formula is C24H18N4O4S2. The van der Waals surface area contributed by atoms with E-state index in [2.05, 4.69) is 20.4 Å². The fourth-order valence-corrected chi connectivity index (χ4v) is 4.77. The van der Waals surface area contributed by atoms with Gasteiger partial charge in [0, 0.05) is 10.9 Å². The number of ether oxygens (including phenoxy) is 1. The molecule has 0 saturated carbocycles. The normalized spacial score (nSPS) is 11.9. The number of carbonyl (C=O) groups excluding carboxylic acids is 2. The van der Waals surface area contributed by atoms with Crippen LogP contribution in [-0.2, 0) is 9.53 Å². The van der Waals surface area contributed by atoms with Crippen LogP contribution in [0.1, 0.15) is 23.0 Å². The molecule has 5 rings (SSSR count). The molecule has 1 aromatic carbocycles. The zero-order valence-electron chi connectivity index (χ0n) is 18.1. The molecule has 0 bridgehead atoms. The monoisotopic (exact) mass is 490 g/mol. The Morgan fingerprint density at radius 3 is 2.65 bits per heavy atom. The number of esters is 1. The maximum atomic E-state index is 13.1. The van der Waals surface area contributed by atoms with Crippen LogP contribution in [0.25, 0.3) is 32.9 Å². The third-order valence-corrected chi connectivity index (χ3v) is 6.72. The highest BCUT2D eigenvalue weighted by molar-refractivity contribution is 7.14. The summed E-state index contributed by atoms with van der Waals surface area (Å²) in [7, 11) is 0. The van der Waals surface area contributed by atoms with Gasteiger partial charge in [-0.3, -0.25) is 10.1 Å². The Bertz CT molecular complexity index is 1480. The molecule has 8 nitrogen and oxygen atoms in total. The van der Waals surface area contributed by atoms with E-state index in [0.717, 1.165) is 16.1 Å². The number of aryl methyl sites for hydroxylation is 1. The molecule has 1 atom stereocenters. The number of nitrogens with one attached hydrogen (secondary N) is 1. The second kappa shape index (κ2) is 9.16. The summed E-state index contributed by atoms with van der Waals surface area (Å²) in [5.41, 5.74) is 3.27. The number of amides is 1. The van der Waals surface area contributed by atoms with Crippen molar-refractivity contribution in [1.29, 1.82) is 0 Å². The van der Waals surface area contributed by atoms with Crippen LogP contribution in [-0.4, -0.2) is 33.1 Å². The van der Waals surface area contributed by atoms with E-state index < -0.39 is 18.0 Å². The summed E-state index contributed by atoms with van der Waals surface area (Å²) in [5, 5.41) is 11.3. The lowest BCUT2D eigenvalue weighted by Crippen LogP contribution is -2.30. The number of nitrogens with zero attached hydrogens (tertiary/aromatic N) is 3. The molecule has 5 aromatic rings. The smallest absolute Gasteiger partial charge is 0.339 e. The number of thiophene rings is 1. The SMILES string of the molecule is Cc1noc2nc(-c3cccs3)cc(C(=O)OC(C)C(=O)Nc3nc(-c4ccccc4)cs3)c12. The minimum atomic E-state index is -1.05. The van der Waals surface area contributed by atoms with Gasteiger partial charge in [-0.05, 0) is 31.4 Å². The maximum absolute atomic E-state index is 13.1. The molecule has 0 radical (unpaired) electrons. The molecule has 0 spiro atoms. The predicted molar refractivity (Wildman–Crippen MR) is 131 cm³/mol. The molecule has 4 aromatic heterocycles. The largest absolute Gasteiger partial charge is 0.449 e. The van der Waals surface area contributed by atoms with Gasteiger partial charge in [-0.15, -0.1) is 22.7 Å². The highest BCUT2D eigenvalue weighted by atomic mass is 32.1. The lowest BCUT2D eigenvalue weighted by atomic mass is 10.1. The Labute approximate surface area is 202 Å². The van der Waals surface area contributed by atoms with Crippen molar-refractivity contribution in [2.24, 2.45) is 0 Å². The van der Waals surface area contributed by atoms with Crippen LogP contribution >= 0.6 is 22.7 Å². The molecular weight excluding hydrogens is 472 g/mol. The van der Waals surface area contributed by atoms with Gasteiger partial charge in [-0.25, -0.2) is 14.8 Å². The highest BCUT2D eigenvalue weighted by Gasteiger charge is 2.25. The van der Waals surface area contributed by atoms with E-state index in [9.17, 15) is 9.59 Å². The van der Waals surface area contributed by atoms with E-state index in [1.807, 2.05) is 53.2 Å². The summed E-state index contributed by atoms with van der Waals surface area (Å²) in [6.45, 7) is 3.23. The van der Waals surface area contributed by atoms with E-state index in [-0.39, 0.29) is 11.3 Å². The molecule has 0 aliphatic rings. The van der Waals surface area contributed by atoms with E-state index in [1.165, 1.54) is 29.6 Å². The Balaban J connectivity index is 1.34. The van der Waals surface area contributed by atoms with Gasteiger partial charge in [0.1, 0.15) is 0 Å². The summed E-state index contributed by atoms with van der Waals surface area (Å²) < 4.78 is 10.8. The Kier molecular flexibility index (Phi) is 5.91. The van der Waals surface area contributed by atoms with Gasteiger partial charge in [0.2, 0.25) is 0 Å². The van der Waals surface area contributed by atoms with Crippen molar-refractivity contribution >= 4 is 50.8 Å². The first-order valence-corrected chi connectivity index (χ1v) is 12.1. The molecule has 1 amide bonds. The molecule has 10 heteroatoms. The van der Waals surface area contributed by atoms with E-state index >= 15 is 0 Å². The van der Waals surface area contributed by atoms with Crippen molar-refractivity contribution in [1.82, 2.24) is 15.1 Å². The number of hydrogen-bond donors (Lipinski definition) is 1. The van der Waals surface area contributed by atoms with Crippen LogP contribution in [0.2, 0.25) is 0 Å². The number of rotatable bonds is 6. The summed E-state index contributed by atoms with van der Waals surface area (Å²) in [4.78, 5) is 35.6. The zero-order valence-corrected chi connectivity index (χ0v) is 19.8. The number of carbonyl (C=O) groups is 2. The molecule has 1 N–H and O–H groups in total. The second-order valence-corrected chi connectivity index (χ2v) is 9.23. The predicted octanol–water partition coefficient (Wildman–Crippen LogP) is 5.57. The van der Waals surface area contributed by atoms with Crippen LogP contribution < -0.4 is 5.32 Å². The number of aromatic nitrogens is 3.